The lowest BCUT2D eigenvalue weighted by molar-refractivity contribution is 0.835. The van der Waals surface area contributed by atoms with Crippen LogP contribution in [0.5, 0.6) is 0 Å². The van der Waals surface area contributed by atoms with Crippen molar-refractivity contribution in [3.63, 3.8) is 0 Å². The van der Waals surface area contributed by atoms with Gasteiger partial charge in [-0.2, -0.15) is 0 Å². The van der Waals surface area contributed by atoms with E-state index in [4.69, 9.17) is 9.98 Å². The summed E-state index contributed by atoms with van der Waals surface area (Å²) in [6, 6.07) is 20.7. The molecule has 0 N–H and O–H groups in total. The molecule has 4 heteroatoms. The van der Waals surface area contributed by atoms with Crippen LogP contribution < -0.4 is 0 Å². The Morgan fingerprint density at radius 3 is 0.921 bits per heavy atom. The van der Waals surface area contributed by atoms with Crippen molar-refractivity contribution in [2.45, 2.75) is 79.1 Å². The van der Waals surface area contributed by atoms with Crippen LogP contribution in [0.15, 0.2) is 80.6 Å². The van der Waals surface area contributed by atoms with Crippen molar-refractivity contribution in [2.75, 3.05) is 0 Å². The van der Waals surface area contributed by atoms with Crippen molar-refractivity contribution in [3.05, 3.63) is 82.9 Å². The van der Waals surface area contributed by atoms with E-state index in [9.17, 15) is 0 Å². The Balaban J connectivity index is 1.69. The number of nitrogens with zero attached hydrogens (tertiary/aromatic N) is 4. The van der Waals surface area contributed by atoms with Crippen molar-refractivity contribution in [1.82, 2.24) is 0 Å². The molecule has 0 aromatic heterocycles. The predicted octanol–water partition coefficient (Wildman–Crippen LogP) is 10.4. The summed E-state index contributed by atoms with van der Waals surface area (Å²) in [6.45, 7) is 17.6. The zero-order valence-corrected chi connectivity index (χ0v) is 24.2. The molecule has 0 spiro atoms. The summed E-state index contributed by atoms with van der Waals surface area (Å²) >= 11 is 0. The molecular weight excluding hydrogens is 464 g/mol. The van der Waals surface area contributed by atoms with Gasteiger partial charge in [0.1, 0.15) is 0 Å². The van der Waals surface area contributed by atoms with Crippen LogP contribution >= 0.6 is 0 Å². The SMILES string of the molecule is CC(C)c1cccc(C(C)C)c1N=CC=Nc1ccc(N=CC=Nc2c(C(C)C)cccc2C(C)C)cc1. The maximum absolute atomic E-state index is 4.78. The number of rotatable bonds is 10. The molecular formula is C34H42N4. The quantitative estimate of drug-likeness (QED) is 0.246. The molecule has 0 amide bonds. The zero-order chi connectivity index (χ0) is 27.7. The van der Waals surface area contributed by atoms with Gasteiger partial charge in [0.05, 0.1) is 22.7 Å². The van der Waals surface area contributed by atoms with Gasteiger partial charge in [-0.1, -0.05) is 91.8 Å². The molecule has 38 heavy (non-hydrogen) atoms. The van der Waals surface area contributed by atoms with E-state index in [2.05, 4.69) is 102 Å². The summed E-state index contributed by atoms with van der Waals surface area (Å²) in [4.78, 5) is 18.7. The Kier molecular flexibility index (Phi) is 10.5. The van der Waals surface area contributed by atoms with Crippen molar-refractivity contribution >= 4 is 47.6 Å². The number of aliphatic imine (C=N–C) groups is 4. The van der Waals surface area contributed by atoms with Gasteiger partial charge in [0.25, 0.3) is 0 Å². The molecule has 4 nitrogen and oxygen atoms in total. The van der Waals surface area contributed by atoms with E-state index < -0.39 is 0 Å². The van der Waals surface area contributed by atoms with Gasteiger partial charge in [0.2, 0.25) is 0 Å². The fraction of sp³-hybridized carbons (Fsp3) is 0.353. The lowest BCUT2D eigenvalue weighted by Crippen LogP contribution is -1.95. The van der Waals surface area contributed by atoms with Gasteiger partial charge in [-0.05, 0) is 70.2 Å². The predicted molar refractivity (Wildman–Crippen MR) is 168 cm³/mol. The van der Waals surface area contributed by atoms with Gasteiger partial charge in [0.15, 0.2) is 0 Å². The molecule has 0 atom stereocenters. The van der Waals surface area contributed by atoms with E-state index in [1.54, 1.807) is 24.9 Å². The third kappa shape index (κ3) is 7.67. The zero-order valence-electron chi connectivity index (χ0n) is 24.2. The van der Waals surface area contributed by atoms with E-state index in [0.717, 1.165) is 22.7 Å². The van der Waals surface area contributed by atoms with Crippen molar-refractivity contribution in [2.24, 2.45) is 20.0 Å². The topological polar surface area (TPSA) is 49.4 Å². The molecule has 0 saturated carbocycles. The van der Waals surface area contributed by atoms with Crippen LogP contribution in [0.1, 0.15) is 101 Å². The molecule has 0 bridgehead atoms. The second-order valence-corrected chi connectivity index (χ2v) is 10.8. The summed E-state index contributed by atoms with van der Waals surface area (Å²) < 4.78 is 0. The molecule has 3 aromatic carbocycles. The highest BCUT2D eigenvalue weighted by molar-refractivity contribution is 6.18. The maximum Gasteiger partial charge on any atom is 0.0699 e. The van der Waals surface area contributed by atoms with Crippen LogP contribution in [0.3, 0.4) is 0 Å². The fourth-order valence-corrected chi connectivity index (χ4v) is 4.40. The number of para-hydroxylation sites is 2. The minimum Gasteiger partial charge on any atom is -0.255 e. The average Bonchev–Trinajstić information content (AvgIpc) is 2.89. The lowest BCUT2D eigenvalue weighted by atomic mass is 9.93. The van der Waals surface area contributed by atoms with Crippen molar-refractivity contribution in [1.29, 1.82) is 0 Å². The molecule has 198 valence electrons. The molecule has 3 aromatic rings. The molecule has 0 unspecified atom stereocenters. The molecule has 0 saturated heterocycles. The minimum absolute atomic E-state index is 0.415. The fourth-order valence-electron chi connectivity index (χ4n) is 4.40. The van der Waals surface area contributed by atoms with Gasteiger partial charge in [-0.3, -0.25) is 20.0 Å². The maximum atomic E-state index is 4.78. The largest absolute Gasteiger partial charge is 0.255 e. The first-order valence-corrected chi connectivity index (χ1v) is 13.7. The molecule has 0 radical (unpaired) electrons. The molecule has 0 fully saturated rings. The number of hydrogen-bond donors (Lipinski definition) is 0. The van der Waals surface area contributed by atoms with Crippen molar-refractivity contribution < 1.29 is 0 Å². The summed E-state index contributed by atoms with van der Waals surface area (Å²) in [5.74, 6) is 1.66. The summed E-state index contributed by atoms with van der Waals surface area (Å²) in [7, 11) is 0. The second kappa shape index (κ2) is 13.8. The Bertz CT molecular complexity index is 1150. The molecule has 0 aliphatic heterocycles. The van der Waals surface area contributed by atoms with Crippen LogP contribution in [-0.2, 0) is 0 Å². The number of hydrogen-bond acceptors (Lipinski definition) is 4. The number of benzene rings is 3. The van der Waals surface area contributed by atoms with Gasteiger partial charge >= 0.3 is 0 Å². The first kappa shape index (κ1) is 28.9. The van der Waals surface area contributed by atoms with E-state index in [1.807, 2.05) is 24.3 Å². The van der Waals surface area contributed by atoms with Crippen LogP contribution in [-0.4, -0.2) is 24.9 Å². The van der Waals surface area contributed by atoms with Gasteiger partial charge in [0, 0.05) is 24.9 Å². The van der Waals surface area contributed by atoms with E-state index >= 15 is 0 Å². The highest BCUT2D eigenvalue weighted by Gasteiger charge is 2.13. The third-order valence-corrected chi connectivity index (χ3v) is 6.52. The Morgan fingerprint density at radius 2 is 0.658 bits per heavy atom. The molecule has 0 heterocycles. The second-order valence-electron chi connectivity index (χ2n) is 10.8. The highest BCUT2D eigenvalue weighted by atomic mass is 14.8. The highest BCUT2D eigenvalue weighted by Crippen LogP contribution is 2.35. The monoisotopic (exact) mass is 506 g/mol. The van der Waals surface area contributed by atoms with Crippen LogP contribution in [0, 0.1) is 0 Å². The van der Waals surface area contributed by atoms with Crippen molar-refractivity contribution in [3.8, 4) is 0 Å². The van der Waals surface area contributed by atoms with Gasteiger partial charge in [-0.25, -0.2) is 0 Å². The van der Waals surface area contributed by atoms with Gasteiger partial charge < -0.3 is 0 Å². The minimum atomic E-state index is 0.415. The first-order chi connectivity index (χ1) is 18.2. The summed E-state index contributed by atoms with van der Waals surface area (Å²) in [5, 5.41) is 0. The molecule has 0 aliphatic rings. The van der Waals surface area contributed by atoms with E-state index in [0.29, 0.717) is 23.7 Å². The van der Waals surface area contributed by atoms with Gasteiger partial charge in [-0.15, -0.1) is 0 Å². The Morgan fingerprint density at radius 1 is 0.395 bits per heavy atom. The Labute approximate surface area is 229 Å². The molecule has 0 aliphatic carbocycles. The Hall–Kier alpha value is -3.66. The summed E-state index contributed by atoms with van der Waals surface area (Å²) in [5.41, 5.74) is 8.90. The van der Waals surface area contributed by atoms with Crippen LogP contribution in [0.2, 0.25) is 0 Å². The average molecular weight is 507 g/mol. The lowest BCUT2D eigenvalue weighted by Gasteiger charge is -2.15. The normalized spacial score (nSPS) is 12.7. The van der Waals surface area contributed by atoms with E-state index in [1.165, 1.54) is 22.3 Å². The van der Waals surface area contributed by atoms with E-state index in [-0.39, 0.29) is 0 Å². The summed E-state index contributed by atoms with van der Waals surface area (Å²) in [6.07, 6.45) is 7.08. The van der Waals surface area contributed by atoms with Crippen LogP contribution in [0.25, 0.3) is 0 Å². The first-order valence-electron chi connectivity index (χ1n) is 13.7. The molecule has 3 rings (SSSR count). The third-order valence-electron chi connectivity index (χ3n) is 6.52. The smallest absolute Gasteiger partial charge is 0.0699 e. The standard InChI is InChI=1S/C34H42N4/c1-23(2)29-11-9-12-30(24(3)4)33(29)37-21-19-35-27-15-17-28(18-16-27)36-20-22-38-34-31(25(5)6)13-10-14-32(34)26(7)8/h9-26H,1-8H3. The van der Waals surface area contributed by atoms with Crippen LogP contribution in [0.4, 0.5) is 22.7 Å².